The van der Waals surface area contributed by atoms with Crippen LogP contribution in [0.3, 0.4) is 0 Å². The SMILES string of the molecule is C=Cc1nc(OC2CC3C(=O)NC4(C(=O)NS(=O)(=O)C5CC5)CC4CC(F)(F)CCCCCC(N)C(O)N3C2)c(-c2cc3ccccc3o2)nc1CC. The normalized spacial score (nSPS) is 29.6. The average molecular weight is 757 g/mol. The van der Waals surface area contributed by atoms with Crippen LogP contribution in [0.5, 0.6) is 5.88 Å². The second kappa shape index (κ2) is 14.3. The van der Waals surface area contributed by atoms with Gasteiger partial charge in [0.2, 0.25) is 27.7 Å². The molecule has 3 aromatic rings. The number of rotatable bonds is 8. The monoisotopic (exact) mass is 756 g/mol. The van der Waals surface area contributed by atoms with Gasteiger partial charge in [-0.1, -0.05) is 44.5 Å². The minimum Gasteiger partial charge on any atom is -0.471 e. The zero-order valence-corrected chi connectivity index (χ0v) is 30.4. The Morgan fingerprint density at radius 1 is 1.21 bits per heavy atom. The molecule has 0 bridgehead atoms. The molecule has 2 saturated heterocycles. The summed E-state index contributed by atoms with van der Waals surface area (Å²) in [5, 5.41) is 14.4. The Hall–Kier alpha value is -3.99. The maximum atomic E-state index is 15.2. The van der Waals surface area contributed by atoms with E-state index in [1.807, 2.05) is 37.3 Å². The number of amides is 2. The third-order valence-electron chi connectivity index (χ3n) is 10.9. The number of alkyl halides is 2. The average Bonchev–Trinajstić information content (AvgIpc) is 4.00. The summed E-state index contributed by atoms with van der Waals surface area (Å²) in [6.45, 7) is 5.83. The van der Waals surface area contributed by atoms with E-state index in [-0.39, 0.29) is 31.7 Å². The van der Waals surface area contributed by atoms with Gasteiger partial charge in [0.1, 0.15) is 23.5 Å². The molecule has 4 fully saturated rings. The van der Waals surface area contributed by atoms with Crippen LogP contribution < -0.4 is 20.5 Å². The Morgan fingerprint density at radius 2 is 1.98 bits per heavy atom. The van der Waals surface area contributed by atoms with E-state index in [2.05, 4.69) is 16.6 Å². The second-order valence-electron chi connectivity index (χ2n) is 14.9. The topological polar surface area (TPSA) is 190 Å². The van der Waals surface area contributed by atoms with Gasteiger partial charge < -0.3 is 25.3 Å². The van der Waals surface area contributed by atoms with E-state index in [1.54, 1.807) is 6.08 Å². The van der Waals surface area contributed by atoms with Gasteiger partial charge in [-0.05, 0) is 62.7 Å². The van der Waals surface area contributed by atoms with Crippen LogP contribution in [0.25, 0.3) is 28.5 Å². The molecule has 6 atom stereocenters. The van der Waals surface area contributed by atoms with Gasteiger partial charge in [-0.3, -0.25) is 19.2 Å². The number of aliphatic hydroxyl groups is 1. The van der Waals surface area contributed by atoms with Crippen molar-refractivity contribution < 1.29 is 41.0 Å². The molecule has 0 spiro atoms. The molecule has 286 valence electrons. The molecular weight excluding hydrogens is 711 g/mol. The zero-order chi connectivity index (χ0) is 37.7. The molecule has 1 aromatic carbocycles. The van der Waals surface area contributed by atoms with Crippen molar-refractivity contribution in [1.29, 1.82) is 0 Å². The lowest BCUT2D eigenvalue weighted by Gasteiger charge is -2.33. The molecule has 4 aliphatic rings. The van der Waals surface area contributed by atoms with E-state index in [9.17, 15) is 23.1 Å². The van der Waals surface area contributed by atoms with Gasteiger partial charge in [-0.15, -0.1) is 0 Å². The van der Waals surface area contributed by atoms with Crippen molar-refractivity contribution in [3.05, 3.63) is 48.3 Å². The molecule has 7 rings (SSSR count). The fraction of sp³-hybridized carbons (Fsp3) is 0.568. The van der Waals surface area contributed by atoms with Crippen LogP contribution in [0.1, 0.15) is 82.5 Å². The summed E-state index contributed by atoms with van der Waals surface area (Å²) in [5.74, 6) is -5.37. The molecule has 2 aliphatic heterocycles. The lowest BCUT2D eigenvalue weighted by Crippen LogP contribution is -2.59. The van der Waals surface area contributed by atoms with Crippen LogP contribution in [-0.4, -0.2) is 87.9 Å². The maximum absolute atomic E-state index is 15.2. The second-order valence-corrected chi connectivity index (χ2v) is 16.8. The number of aliphatic hydroxyl groups excluding tert-OH is 1. The number of hydrogen-bond donors (Lipinski definition) is 4. The molecule has 53 heavy (non-hydrogen) atoms. The fourth-order valence-corrected chi connectivity index (χ4v) is 9.06. The summed E-state index contributed by atoms with van der Waals surface area (Å²) in [6.07, 6.45) is 0.992. The highest BCUT2D eigenvalue weighted by Crippen LogP contribution is 2.51. The third kappa shape index (κ3) is 7.68. The van der Waals surface area contributed by atoms with Gasteiger partial charge in [-0.2, -0.15) is 0 Å². The van der Waals surface area contributed by atoms with Crippen molar-refractivity contribution in [3.63, 3.8) is 0 Å². The number of aryl methyl sites for hydroxylation is 1. The lowest BCUT2D eigenvalue weighted by molar-refractivity contribution is -0.135. The summed E-state index contributed by atoms with van der Waals surface area (Å²) in [7, 11) is -4.04. The number of sulfonamides is 1. The van der Waals surface area contributed by atoms with E-state index in [0.29, 0.717) is 66.9 Å². The van der Waals surface area contributed by atoms with Gasteiger partial charge in [0.25, 0.3) is 5.91 Å². The minimum atomic E-state index is -4.04. The first-order valence-electron chi connectivity index (χ1n) is 18.4. The number of halogens is 2. The summed E-state index contributed by atoms with van der Waals surface area (Å²) in [6, 6.07) is 7.36. The molecular formula is C37H46F2N6O7S. The highest BCUT2D eigenvalue weighted by atomic mass is 32.2. The van der Waals surface area contributed by atoms with Gasteiger partial charge in [0.15, 0.2) is 11.5 Å². The van der Waals surface area contributed by atoms with Crippen molar-refractivity contribution in [2.45, 2.75) is 119 Å². The van der Waals surface area contributed by atoms with E-state index in [4.69, 9.17) is 24.9 Å². The standard InChI is InChI=1S/C37H46F2N6O7S/c1-3-26-27(4-2)42-33(31(41-26)30-16-21-10-7-8-12-29(21)52-30)51-23-17-28-32(46)43-37(35(48)44-53(49,50)24-13-14-24)19-22(37)18-36(38,39)15-9-5-6-11-25(40)34(47)45(28)20-23/h4,7-8,10,12,16,22-25,28,34,47H,2-3,5-6,9,11,13-15,17-20,40H2,1H3,(H,43,46)(H,44,48). The zero-order valence-electron chi connectivity index (χ0n) is 29.6. The summed E-state index contributed by atoms with van der Waals surface area (Å²) in [5.41, 5.74) is 6.72. The molecule has 2 saturated carbocycles. The number of aromatic nitrogens is 2. The van der Waals surface area contributed by atoms with Crippen LogP contribution in [0.4, 0.5) is 8.78 Å². The minimum absolute atomic E-state index is 0.00524. The van der Waals surface area contributed by atoms with E-state index in [0.717, 1.165) is 5.39 Å². The molecule has 0 radical (unpaired) electrons. The van der Waals surface area contributed by atoms with E-state index >= 15 is 8.78 Å². The largest absolute Gasteiger partial charge is 0.471 e. The van der Waals surface area contributed by atoms with Crippen molar-refractivity contribution in [2.75, 3.05) is 6.54 Å². The van der Waals surface area contributed by atoms with E-state index in [1.165, 1.54) is 4.90 Å². The lowest BCUT2D eigenvalue weighted by atomic mass is 10.00. The maximum Gasteiger partial charge on any atom is 0.259 e. The first-order valence-corrected chi connectivity index (χ1v) is 19.9. The van der Waals surface area contributed by atoms with Gasteiger partial charge in [-0.25, -0.2) is 27.2 Å². The fourth-order valence-electron chi connectivity index (χ4n) is 7.69. The van der Waals surface area contributed by atoms with Crippen LogP contribution in [0.15, 0.2) is 41.3 Å². The first kappa shape index (κ1) is 37.3. The predicted molar refractivity (Wildman–Crippen MR) is 192 cm³/mol. The van der Waals surface area contributed by atoms with Crippen LogP contribution in [0, 0.1) is 5.92 Å². The van der Waals surface area contributed by atoms with Gasteiger partial charge in [0, 0.05) is 37.2 Å². The highest BCUT2D eigenvalue weighted by molar-refractivity contribution is 7.91. The molecule has 4 heterocycles. The van der Waals surface area contributed by atoms with Crippen molar-refractivity contribution in [2.24, 2.45) is 11.7 Å². The van der Waals surface area contributed by atoms with E-state index < -0.39 is 81.7 Å². The summed E-state index contributed by atoms with van der Waals surface area (Å²) in [4.78, 5) is 38.9. The molecule has 5 N–H and O–H groups in total. The van der Waals surface area contributed by atoms with Crippen molar-refractivity contribution in [1.82, 2.24) is 24.9 Å². The Kier molecular flexibility index (Phi) is 10.1. The molecule has 2 amide bonds. The molecule has 13 nitrogen and oxygen atoms in total. The van der Waals surface area contributed by atoms with Crippen LogP contribution in [0.2, 0.25) is 0 Å². The number of ether oxygens (including phenoxy) is 1. The highest BCUT2D eigenvalue weighted by Gasteiger charge is 2.65. The number of hydrogen-bond acceptors (Lipinski definition) is 11. The molecule has 2 aliphatic carbocycles. The number of benzene rings is 1. The Morgan fingerprint density at radius 3 is 2.70 bits per heavy atom. The number of para-hydroxylation sites is 1. The Labute approximate surface area is 306 Å². The molecule has 2 aromatic heterocycles. The van der Waals surface area contributed by atoms with Crippen molar-refractivity contribution >= 4 is 38.9 Å². The number of nitrogens with one attached hydrogen (secondary N) is 2. The number of nitrogens with zero attached hydrogens (tertiary/aromatic N) is 3. The van der Waals surface area contributed by atoms with Gasteiger partial charge >= 0.3 is 0 Å². The summed E-state index contributed by atoms with van der Waals surface area (Å²) >= 11 is 0. The number of carbonyl (C=O) groups is 2. The predicted octanol–water partition coefficient (Wildman–Crippen LogP) is 4.04. The smallest absolute Gasteiger partial charge is 0.259 e. The van der Waals surface area contributed by atoms with Crippen LogP contribution >= 0.6 is 0 Å². The number of fused-ring (bicyclic) bond motifs is 3. The Balaban J connectivity index is 1.20. The Bertz CT molecular complexity index is 1970. The first-order chi connectivity index (χ1) is 25.2. The van der Waals surface area contributed by atoms with Crippen LogP contribution in [-0.2, 0) is 26.0 Å². The van der Waals surface area contributed by atoms with Gasteiger partial charge in [0.05, 0.1) is 22.7 Å². The van der Waals surface area contributed by atoms with Crippen molar-refractivity contribution in [3.8, 4) is 17.3 Å². The summed E-state index contributed by atoms with van der Waals surface area (Å²) < 4.78 is 70.6. The molecule has 6 unspecified atom stereocenters. The number of carbonyl (C=O) groups excluding carboxylic acids is 2. The number of nitrogens with two attached hydrogens (primary N) is 1. The number of furan rings is 1. The third-order valence-corrected chi connectivity index (χ3v) is 12.8. The quantitative estimate of drug-likeness (QED) is 0.260. The molecule has 16 heteroatoms.